The lowest BCUT2D eigenvalue weighted by atomic mass is 10.3. The van der Waals surface area contributed by atoms with Crippen LogP contribution in [0.1, 0.15) is 10.6 Å². The van der Waals surface area contributed by atoms with Gasteiger partial charge in [0.2, 0.25) is 0 Å². The molecule has 1 aromatic carbocycles. The first-order valence-corrected chi connectivity index (χ1v) is 7.05. The Balaban J connectivity index is 1.70. The van der Waals surface area contributed by atoms with Crippen LogP contribution in [0.2, 0.25) is 0 Å². The van der Waals surface area contributed by atoms with Gasteiger partial charge in [-0.1, -0.05) is 18.2 Å². The SMILES string of the molecule is CN(Cc1cccnc1)Cc1nc2ccccc2s1. The average Bonchev–Trinajstić information content (AvgIpc) is 2.81. The van der Waals surface area contributed by atoms with Crippen LogP contribution in [0, 0.1) is 0 Å². The van der Waals surface area contributed by atoms with Crippen LogP contribution in [0.25, 0.3) is 10.2 Å². The van der Waals surface area contributed by atoms with Gasteiger partial charge >= 0.3 is 0 Å². The summed E-state index contributed by atoms with van der Waals surface area (Å²) in [5, 5.41) is 1.16. The van der Waals surface area contributed by atoms with Gasteiger partial charge in [0, 0.05) is 18.9 Å². The maximum absolute atomic E-state index is 4.66. The first kappa shape index (κ1) is 12.3. The van der Waals surface area contributed by atoms with E-state index in [4.69, 9.17) is 0 Å². The van der Waals surface area contributed by atoms with Gasteiger partial charge in [-0.15, -0.1) is 11.3 Å². The fraction of sp³-hybridized carbons (Fsp3) is 0.200. The third-order valence-electron chi connectivity index (χ3n) is 2.92. The van der Waals surface area contributed by atoms with Crippen molar-refractivity contribution in [1.29, 1.82) is 0 Å². The highest BCUT2D eigenvalue weighted by molar-refractivity contribution is 7.18. The van der Waals surface area contributed by atoms with Crippen LogP contribution in [0.5, 0.6) is 0 Å². The Hall–Kier alpha value is -1.78. The molecule has 0 aliphatic carbocycles. The standard InChI is InChI=1S/C15H15N3S/c1-18(10-12-5-4-8-16-9-12)11-15-17-13-6-2-3-7-14(13)19-15/h2-9H,10-11H2,1H3. The number of fused-ring (bicyclic) bond motifs is 1. The molecular formula is C15H15N3S. The summed E-state index contributed by atoms with van der Waals surface area (Å²) in [5.41, 5.74) is 2.32. The minimum Gasteiger partial charge on any atom is -0.295 e. The summed E-state index contributed by atoms with van der Waals surface area (Å²) < 4.78 is 1.26. The minimum absolute atomic E-state index is 0.869. The third kappa shape index (κ3) is 2.97. The number of hydrogen-bond donors (Lipinski definition) is 0. The Labute approximate surface area is 116 Å². The number of thiazole rings is 1. The highest BCUT2D eigenvalue weighted by atomic mass is 32.1. The van der Waals surface area contributed by atoms with Gasteiger partial charge in [-0.2, -0.15) is 0 Å². The van der Waals surface area contributed by atoms with Crippen LogP contribution in [0.3, 0.4) is 0 Å². The second-order valence-electron chi connectivity index (χ2n) is 4.61. The number of hydrogen-bond acceptors (Lipinski definition) is 4. The second kappa shape index (κ2) is 5.47. The number of pyridine rings is 1. The minimum atomic E-state index is 0.869. The van der Waals surface area contributed by atoms with Crippen LogP contribution < -0.4 is 0 Å². The van der Waals surface area contributed by atoms with E-state index in [1.54, 1.807) is 17.5 Å². The van der Waals surface area contributed by atoms with E-state index in [1.165, 1.54) is 10.3 Å². The monoisotopic (exact) mass is 269 g/mol. The molecule has 0 fully saturated rings. The van der Waals surface area contributed by atoms with Crippen LogP contribution in [-0.2, 0) is 13.1 Å². The summed E-state index contributed by atoms with van der Waals surface area (Å²) in [5.74, 6) is 0. The molecule has 0 N–H and O–H groups in total. The second-order valence-corrected chi connectivity index (χ2v) is 5.72. The molecule has 0 unspecified atom stereocenters. The summed E-state index contributed by atoms with van der Waals surface area (Å²) in [7, 11) is 2.11. The highest BCUT2D eigenvalue weighted by Crippen LogP contribution is 2.22. The van der Waals surface area contributed by atoms with E-state index in [-0.39, 0.29) is 0 Å². The molecule has 0 aliphatic rings. The predicted molar refractivity (Wildman–Crippen MR) is 79.0 cm³/mol. The maximum atomic E-state index is 4.66. The van der Waals surface area contributed by atoms with Crippen molar-refractivity contribution in [2.24, 2.45) is 0 Å². The number of nitrogens with zero attached hydrogens (tertiary/aromatic N) is 3. The molecule has 96 valence electrons. The fourth-order valence-electron chi connectivity index (χ4n) is 2.08. The molecule has 4 heteroatoms. The molecular weight excluding hydrogens is 254 g/mol. The normalized spacial score (nSPS) is 11.3. The van der Waals surface area contributed by atoms with Crippen molar-refractivity contribution in [3.63, 3.8) is 0 Å². The molecule has 0 spiro atoms. The molecule has 19 heavy (non-hydrogen) atoms. The Bertz CT molecular complexity index is 630. The summed E-state index contributed by atoms with van der Waals surface area (Å²) in [6.07, 6.45) is 3.71. The van der Waals surface area contributed by atoms with E-state index in [0.29, 0.717) is 0 Å². The van der Waals surface area contributed by atoms with E-state index in [2.05, 4.69) is 46.2 Å². The first-order valence-electron chi connectivity index (χ1n) is 6.23. The average molecular weight is 269 g/mol. The lowest BCUT2D eigenvalue weighted by molar-refractivity contribution is 0.318. The van der Waals surface area contributed by atoms with Gasteiger partial charge in [-0.25, -0.2) is 4.98 Å². The Morgan fingerprint density at radius 3 is 2.79 bits per heavy atom. The van der Waals surface area contributed by atoms with Crippen molar-refractivity contribution in [1.82, 2.24) is 14.9 Å². The predicted octanol–water partition coefficient (Wildman–Crippen LogP) is 3.32. The van der Waals surface area contributed by atoms with E-state index in [0.717, 1.165) is 23.6 Å². The topological polar surface area (TPSA) is 29.0 Å². The van der Waals surface area contributed by atoms with Crippen molar-refractivity contribution < 1.29 is 0 Å². The van der Waals surface area contributed by atoms with Crippen LogP contribution in [-0.4, -0.2) is 21.9 Å². The fourth-order valence-corrected chi connectivity index (χ4v) is 3.13. The molecule has 0 saturated heterocycles. The molecule has 0 atom stereocenters. The molecule has 3 nitrogen and oxygen atoms in total. The van der Waals surface area contributed by atoms with Gasteiger partial charge in [0.05, 0.1) is 16.8 Å². The summed E-state index contributed by atoms with van der Waals surface area (Å²) >= 11 is 1.77. The first-order chi connectivity index (χ1) is 9.31. The smallest absolute Gasteiger partial charge is 0.108 e. The Morgan fingerprint density at radius 1 is 1.11 bits per heavy atom. The number of benzene rings is 1. The van der Waals surface area contributed by atoms with Crippen molar-refractivity contribution in [2.45, 2.75) is 13.1 Å². The van der Waals surface area contributed by atoms with Crippen molar-refractivity contribution in [3.05, 3.63) is 59.4 Å². The Morgan fingerprint density at radius 2 is 2.00 bits per heavy atom. The van der Waals surface area contributed by atoms with Gasteiger partial charge in [0.15, 0.2) is 0 Å². The number of aromatic nitrogens is 2. The Kier molecular flexibility index (Phi) is 3.53. The van der Waals surface area contributed by atoms with Crippen LogP contribution in [0.15, 0.2) is 48.8 Å². The molecule has 0 saturated carbocycles. The van der Waals surface area contributed by atoms with E-state index in [1.807, 2.05) is 18.3 Å². The van der Waals surface area contributed by atoms with Gasteiger partial charge in [0.25, 0.3) is 0 Å². The zero-order valence-corrected chi connectivity index (χ0v) is 11.6. The van der Waals surface area contributed by atoms with Crippen LogP contribution in [0.4, 0.5) is 0 Å². The molecule has 2 heterocycles. The molecule has 0 amide bonds. The molecule has 0 radical (unpaired) electrons. The number of rotatable bonds is 4. The molecule has 2 aromatic heterocycles. The van der Waals surface area contributed by atoms with E-state index in [9.17, 15) is 0 Å². The zero-order valence-electron chi connectivity index (χ0n) is 10.8. The van der Waals surface area contributed by atoms with Crippen LogP contribution >= 0.6 is 11.3 Å². The molecule has 0 bridgehead atoms. The van der Waals surface area contributed by atoms with Gasteiger partial charge < -0.3 is 0 Å². The van der Waals surface area contributed by atoms with Crippen molar-refractivity contribution in [2.75, 3.05) is 7.05 Å². The largest absolute Gasteiger partial charge is 0.295 e. The summed E-state index contributed by atoms with van der Waals surface area (Å²) in [6.45, 7) is 1.76. The molecule has 3 aromatic rings. The van der Waals surface area contributed by atoms with Gasteiger partial charge in [0.1, 0.15) is 5.01 Å². The van der Waals surface area contributed by atoms with E-state index >= 15 is 0 Å². The lowest BCUT2D eigenvalue weighted by Crippen LogP contribution is -2.17. The maximum Gasteiger partial charge on any atom is 0.108 e. The molecule has 3 rings (SSSR count). The third-order valence-corrected chi connectivity index (χ3v) is 3.94. The zero-order chi connectivity index (χ0) is 13.1. The van der Waals surface area contributed by atoms with Gasteiger partial charge in [-0.05, 0) is 30.8 Å². The van der Waals surface area contributed by atoms with Crippen molar-refractivity contribution >= 4 is 21.6 Å². The quantitative estimate of drug-likeness (QED) is 0.727. The highest BCUT2D eigenvalue weighted by Gasteiger charge is 2.07. The van der Waals surface area contributed by atoms with Crippen molar-refractivity contribution in [3.8, 4) is 0 Å². The number of para-hydroxylation sites is 1. The van der Waals surface area contributed by atoms with E-state index < -0.39 is 0 Å². The lowest BCUT2D eigenvalue weighted by Gasteiger charge is -2.14. The molecule has 0 aliphatic heterocycles. The summed E-state index contributed by atoms with van der Waals surface area (Å²) in [4.78, 5) is 11.1. The summed E-state index contributed by atoms with van der Waals surface area (Å²) in [6, 6.07) is 12.4. The van der Waals surface area contributed by atoms with Gasteiger partial charge in [-0.3, -0.25) is 9.88 Å².